The summed E-state index contributed by atoms with van der Waals surface area (Å²) in [4.78, 5) is 19.4. The van der Waals surface area contributed by atoms with E-state index in [4.69, 9.17) is 5.73 Å². The van der Waals surface area contributed by atoms with Crippen LogP contribution >= 0.6 is 11.8 Å². The number of aliphatic imine (C=N–C) groups is 1. The van der Waals surface area contributed by atoms with Gasteiger partial charge in [-0.1, -0.05) is 18.2 Å². The van der Waals surface area contributed by atoms with Crippen molar-refractivity contribution in [3.05, 3.63) is 35.9 Å². The fraction of sp³-hybridized carbons (Fsp3) is 0.545. The number of nitrogens with zero attached hydrogens (tertiary/aromatic N) is 5. The number of nitrogens with two attached hydrogens (primary N) is 1. The molecule has 5 rings (SSSR count). The highest BCUT2D eigenvalue weighted by atomic mass is 32.2. The highest BCUT2D eigenvalue weighted by Gasteiger charge is 2.44. The van der Waals surface area contributed by atoms with Crippen LogP contribution in [0, 0.1) is 11.3 Å². The summed E-state index contributed by atoms with van der Waals surface area (Å²) in [7, 11) is 0. The molecule has 1 atom stereocenters. The number of hydrogen-bond donors (Lipinski definition) is 1. The van der Waals surface area contributed by atoms with Gasteiger partial charge in [-0.25, -0.2) is 15.0 Å². The molecule has 1 saturated heterocycles. The summed E-state index contributed by atoms with van der Waals surface area (Å²) in [5.74, 6) is 2.15. The molecule has 3 aliphatic rings. The van der Waals surface area contributed by atoms with Crippen molar-refractivity contribution in [2.45, 2.75) is 54.6 Å². The molecule has 0 aromatic carbocycles. The highest BCUT2D eigenvalue weighted by molar-refractivity contribution is 7.99. The molecule has 4 heterocycles. The summed E-state index contributed by atoms with van der Waals surface area (Å²) < 4.78 is 39.7. The van der Waals surface area contributed by atoms with Crippen LogP contribution in [0.5, 0.6) is 0 Å². The minimum atomic E-state index is -4.52. The van der Waals surface area contributed by atoms with E-state index in [0.717, 1.165) is 56.3 Å². The highest BCUT2D eigenvalue weighted by Crippen LogP contribution is 2.50. The van der Waals surface area contributed by atoms with E-state index >= 15 is 0 Å². The molecule has 1 unspecified atom stereocenters. The maximum atomic E-state index is 13.2. The summed E-state index contributed by atoms with van der Waals surface area (Å²) in [6.07, 6.45) is 4.72. The number of alkyl halides is 3. The smallest absolute Gasteiger partial charge is 0.360 e. The van der Waals surface area contributed by atoms with E-state index in [1.54, 1.807) is 0 Å². The average Bonchev–Trinajstić information content (AvgIpc) is 3.37. The van der Waals surface area contributed by atoms with Crippen LogP contribution in [0.15, 0.2) is 39.4 Å². The van der Waals surface area contributed by atoms with E-state index in [0.29, 0.717) is 34.3 Å². The first kappa shape index (κ1) is 21.6. The van der Waals surface area contributed by atoms with Gasteiger partial charge in [-0.15, -0.1) is 0 Å². The standard InChI is InChI=1S/C22H25F3N6S/c23-22(24,25)19-16(4-2-8-27-19)32-18-13-28-20-15(29-18)11-17(30-20)31-9-6-21(7-10-31)5-1-3-14(21)12-26/h2,4,8,13-14H,1,3,5-7,9-12,26H2. The molecule has 170 valence electrons. The molecule has 10 heteroatoms. The average molecular weight is 463 g/mol. The minimum Gasteiger partial charge on any atom is -0.360 e. The quantitative estimate of drug-likeness (QED) is 0.725. The van der Waals surface area contributed by atoms with Crippen molar-refractivity contribution in [1.82, 2.24) is 19.9 Å². The lowest BCUT2D eigenvalue weighted by atomic mass is 9.70. The molecule has 2 aromatic heterocycles. The molecule has 32 heavy (non-hydrogen) atoms. The molecule has 2 fully saturated rings. The number of likely N-dealkylation sites (tertiary alicyclic amines) is 1. The molecular formula is C22H25F3N6S. The molecule has 6 nitrogen and oxygen atoms in total. The van der Waals surface area contributed by atoms with Gasteiger partial charge in [0.05, 0.1) is 18.3 Å². The summed E-state index contributed by atoms with van der Waals surface area (Å²) >= 11 is 0.927. The number of rotatable bonds is 3. The Kier molecular flexibility index (Phi) is 5.61. The molecule has 2 aromatic rings. The second-order valence-electron chi connectivity index (χ2n) is 8.81. The predicted molar refractivity (Wildman–Crippen MR) is 116 cm³/mol. The Balaban J connectivity index is 1.27. The van der Waals surface area contributed by atoms with Crippen LogP contribution in [0.2, 0.25) is 0 Å². The maximum Gasteiger partial charge on any atom is 0.434 e. The van der Waals surface area contributed by atoms with Crippen molar-refractivity contribution in [2.75, 3.05) is 19.6 Å². The van der Waals surface area contributed by atoms with Gasteiger partial charge >= 0.3 is 6.18 Å². The third-order valence-electron chi connectivity index (χ3n) is 7.12. The summed E-state index contributed by atoms with van der Waals surface area (Å²) in [5.41, 5.74) is 6.22. The van der Waals surface area contributed by atoms with Crippen LogP contribution in [0.1, 0.15) is 43.5 Å². The number of hydrogen-bond acceptors (Lipinski definition) is 7. The van der Waals surface area contributed by atoms with Crippen LogP contribution in [0.25, 0.3) is 0 Å². The van der Waals surface area contributed by atoms with Crippen molar-refractivity contribution in [3.63, 3.8) is 0 Å². The van der Waals surface area contributed by atoms with Gasteiger partial charge in [-0.3, -0.25) is 4.98 Å². The Morgan fingerprint density at radius 1 is 1.19 bits per heavy atom. The van der Waals surface area contributed by atoms with Crippen molar-refractivity contribution < 1.29 is 13.2 Å². The minimum absolute atomic E-state index is 0.0146. The third-order valence-corrected chi connectivity index (χ3v) is 8.07. The number of halogens is 3. The van der Waals surface area contributed by atoms with E-state index in [-0.39, 0.29) is 4.90 Å². The first-order valence-electron chi connectivity index (χ1n) is 11.0. The number of pyridine rings is 1. The van der Waals surface area contributed by atoms with Crippen molar-refractivity contribution in [1.29, 1.82) is 0 Å². The summed E-state index contributed by atoms with van der Waals surface area (Å²) in [6, 6.07) is 2.89. The molecule has 0 amide bonds. The molecule has 0 bridgehead atoms. The largest absolute Gasteiger partial charge is 0.434 e. The van der Waals surface area contributed by atoms with Crippen molar-refractivity contribution >= 4 is 23.4 Å². The van der Waals surface area contributed by atoms with E-state index < -0.39 is 11.9 Å². The van der Waals surface area contributed by atoms with E-state index in [2.05, 4.69) is 24.8 Å². The maximum absolute atomic E-state index is 13.2. The van der Waals surface area contributed by atoms with Gasteiger partial charge in [0.15, 0.2) is 11.5 Å². The first-order valence-corrected chi connectivity index (χ1v) is 11.8. The predicted octanol–water partition coefficient (Wildman–Crippen LogP) is 4.47. The van der Waals surface area contributed by atoms with Gasteiger partial charge in [0.25, 0.3) is 0 Å². The van der Waals surface area contributed by atoms with Crippen LogP contribution in [-0.4, -0.2) is 45.3 Å². The van der Waals surface area contributed by atoms with Gasteiger partial charge in [0, 0.05) is 24.2 Å². The SMILES string of the molecule is NCC1CCCC12CCN(C1=Nc3ncc(Sc4cccnc4C(F)(F)F)nc3C1)CC2. The first-order chi connectivity index (χ1) is 15.4. The Bertz CT molecular complexity index is 1030. The zero-order valence-electron chi connectivity index (χ0n) is 17.6. The van der Waals surface area contributed by atoms with Crippen LogP contribution in [0.4, 0.5) is 19.0 Å². The second kappa shape index (κ2) is 8.30. The Labute approximate surface area is 188 Å². The molecule has 0 radical (unpaired) electrons. The van der Waals surface area contributed by atoms with Gasteiger partial charge in [0.1, 0.15) is 10.9 Å². The Hall–Kier alpha value is -2.20. The van der Waals surface area contributed by atoms with Gasteiger partial charge in [-0.05, 0) is 55.7 Å². The van der Waals surface area contributed by atoms with Gasteiger partial charge < -0.3 is 10.6 Å². The third kappa shape index (κ3) is 3.98. The molecular weight excluding hydrogens is 437 g/mol. The summed E-state index contributed by atoms with van der Waals surface area (Å²) in [6.45, 7) is 2.68. The zero-order chi connectivity index (χ0) is 22.3. The molecule has 2 aliphatic heterocycles. The molecule has 1 aliphatic carbocycles. The Morgan fingerprint density at radius 3 is 2.75 bits per heavy atom. The fourth-order valence-electron chi connectivity index (χ4n) is 5.40. The fourth-order valence-corrected chi connectivity index (χ4v) is 6.30. The van der Waals surface area contributed by atoms with E-state index in [9.17, 15) is 13.2 Å². The number of amidine groups is 1. The van der Waals surface area contributed by atoms with Crippen LogP contribution < -0.4 is 5.73 Å². The van der Waals surface area contributed by atoms with E-state index in [1.165, 1.54) is 37.6 Å². The number of aromatic nitrogens is 3. The van der Waals surface area contributed by atoms with E-state index in [1.807, 2.05) is 0 Å². The van der Waals surface area contributed by atoms with Crippen molar-refractivity contribution in [3.8, 4) is 0 Å². The van der Waals surface area contributed by atoms with Crippen molar-refractivity contribution in [2.24, 2.45) is 22.1 Å². The molecule has 1 spiro atoms. The monoisotopic (exact) mass is 462 g/mol. The molecule has 1 saturated carbocycles. The van der Waals surface area contributed by atoms with Crippen LogP contribution in [-0.2, 0) is 12.6 Å². The number of fused-ring (bicyclic) bond motifs is 1. The lowest BCUT2D eigenvalue weighted by Gasteiger charge is -2.43. The molecule has 2 N–H and O–H groups in total. The van der Waals surface area contributed by atoms with Crippen LogP contribution in [0.3, 0.4) is 0 Å². The lowest BCUT2D eigenvalue weighted by Crippen LogP contribution is -2.45. The normalized spacial score (nSPS) is 22.3. The zero-order valence-corrected chi connectivity index (χ0v) is 18.4. The number of piperidine rings is 1. The summed E-state index contributed by atoms with van der Waals surface area (Å²) in [5, 5.41) is 0.410. The topological polar surface area (TPSA) is 80.3 Å². The Morgan fingerprint density at radius 2 is 2.00 bits per heavy atom. The van der Waals surface area contributed by atoms with Gasteiger partial charge in [-0.2, -0.15) is 13.2 Å². The van der Waals surface area contributed by atoms with Gasteiger partial charge in [0.2, 0.25) is 0 Å². The second-order valence-corrected chi connectivity index (χ2v) is 9.87. The lowest BCUT2D eigenvalue weighted by molar-refractivity contribution is -0.143.